The lowest BCUT2D eigenvalue weighted by molar-refractivity contribution is 0.102. The van der Waals surface area contributed by atoms with Crippen LogP contribution in [0.2, 0.25) is 0 Å². The van der Waals surface area contributed by atoms with Gasteiger partial charge in [-0.2, -0.15) is 9.78 Å². The Hall–Kier alpha value is -4.72. The van der Waals surface area contributed by atoms with E-state index in [1.54, 1.807) is 25.5 Å². The number of anilines is 2. The molecule has 0 unspecified atom stereocenters. The summed E-state index contributed by atoms with van der Waals surface area (Å²) in [7, 11) is 1.59. The molecular formula is C25H20N6O2. The molecule has 162 valence electrons. The lowest BCUT2D eigenvalue weighted by atomic mass is 10.2. The first-order valence-electron chi connectivity index (χ1n) is 10.3. The van der Waals surface area contributed by atoms with Gasteiger partial charge in [0.25, 0.3) is 5.91 Å². The molecule has 1 amide bonds. The van der Waals surface area contributed by atoms with E-state index in [1.807, 2.05) is 66.7 Å². The summed E-state index contributed by atoms with van der Waals surface area (Å²) >= 11 is 0. The number of hydrogen-bond donors (Lipinski definition) is 2. The van der Waals surface area contributed by atoms with E-state index in [2.05, 4.69) is 15.4 Å². The van der Waals surface area contributed by atoms with E-state index in [1.165, 1.54) is 4.68 Å². The maximum Gasteiger partial charge on any atom is 0.261 e. The van der Waals surface area contributed by atoms with Crippen molar-refractivity contribution in [1.29, 1.82) is 0 Å². The van der Waals surface area contributed by atoms with Gasteiger partial charge in [0, 0.05) is 11.3 Å². The van der Waals surface area contributed by atoms with Gasteiger partial charge in [0.05, 0.1) is 24.4 Å². The van der Waals surface area contributed by atoms with Gasteiger partial charge in [-0.1, -0.05) is 42.5 Å². The molecule has 0 spiro atoms. The number of fused-ring (bicyclic) bond motifs is 2. The number of nitrogens with zero attached hydrogens (tertiary/aromatic N) is 4. The normalized spacial score (nSPS) is 11.3. The van der Waals surface area contributed by atoms with Gasteiger partial charge in [-0.3, -0.25) is 4.79 Å². The van der Waals surface area contributed by atoms with Crippen LogP contribution < -0.4 is 15.8 Å². The molecule has 0 radical (unpaired) electrons. The number of carbonyl (C=O) groups excluding carboxylic acids is 1. The minimum Gasteiger partial charge on any atom is -0.496 e. The summed E-state index contributed by atoms with van der Waals surface area (Å²) in [5, 5.41) is 7.41. The van der Waals surface area contributed by atoms with Crippen LogP contribution in [0.1, 0.15) is 15.9 Å². The highest BCUT2D eigenvalue weighted by Crippen LogP contribution is 2.29. The summed E-state index contributed by atoms with van der Waals surface area (Å²) in [5.74, 6) is 0.411. The zero-order chi connectivity index (χ0) is 22.8. The SMILES string of the molecule is COc1ccccc1C=Nn1c(N)c(C(=O)Nc2ccccc2)c2nc3ccccc3nc21. The monoisotopic (exact) mass is 436 g/mol. The van der Waals surface area contributed by atoms with Gasteiger partial charge in [0.15, 0.2) is 5.65 Å². The highest BCUT2D eigenvalue weighted by Gasteiger charge is 2.24. The van der Waals surface area contributed by atoms with Crippen LogP contribution in [0.4, 0.5) is 11.5 Å². The van der Waals surface area contributed by atoms with Crippen molar-refractivity contribution >= 4 is 45.8 Å². The van der Waals surface area contributed by atoms with Crippen LogP contribution in [0.15, 0.2) is 84.0 Å². The third kappa shape index (κ3) is 3.74. The number of amides is 1. The molecule has 0 saturated carbocycles. The summed E-state index contributed by atoms with van der Waals surface area (Å²) in [5.41, 5.74) is 10.1. The molecule has 0 bridgehead atoms. The van der Waals surface area contributed by atoms with E-state index >= 15 is 0 Å². The van der Waals surface area contributed by atoms with Gasteiger partial charge in [-0.05, 0) is 36.4 Å². The molecule has 0 aliphatic heterocycles. The van der Waals surface area contributed by atoms with Crippen LogP contribution in [-0.2, 0) is 0 Å². The molecule has 0 atom stereocenters. The largest absolute Gasteiger partial charge is 0.496 e. The van der Waals surface area contributed by atoms with Gasteiger partial charge in [-0.25, -0.2) is 9.97 Å². The highest BCUT2D eigenvalue weighted by atomic mass is 16.5. The topological polar surface area (TPSA) is 107 Å². The molecule has 0 aliphatic rings. The van der Waals surface area contributed by atoms with Gasteiger partial charge in [0.1, 0.15) is 22.6 Å². The van der Waals surface area contributed by atoms with Crippen LogP contribution >= 0.6 is 0 Å². The van der Waals surface area contributed by atoms with E-state index in [0.717, 1.165) is 5.56 Å². The van der Waals surface area contributed by atoms with E-state index in [9.17, 15) is 4.79 Å². The Balaban J connectivity index is 1.68. The average Bonchev–Trinajstić information content (AvgIpc) is 3.12. The zero-order valence-corrected chi connectivity index (χ0v) is 17.8. The van der Waals surface area contributed by atoms with Gasteiger partial charge >= 0.3 is 0 Å². The number of benzene rings is 3. The molecule has 5 rings (SSSR count). The predicted octanol–water partition coefficient (Wildman–Crippen LogP) is 4.31. The van der Waals surface area contributed by atoms with E-state index < -0.39 is 0 Å². The summed E-state index contributed by atoms with van der Waals surface area (Å²) in [6.45, 7) is 0. The summed E-state index contributed by atoms with van der Waals surface area (Å²) in [6.07, 6.45) is 1.62. The van der Waals surface area contributed by atoms with Crippen LogP contribution in [0.25, 0.3) is 22.2 Å². The number of rotatable bonds is 5. The molecule has 8 nitrogen and oxygen atoms in total. The van der Waals surface area contributed by atoms with E-state index in [0.29, 0.717) is 33.6 Å². The summed E-state index contributed by atoms with van der Waals surface area (Å²) in [4.78, 5) is 22.6. The molecule has 3 aromatic carbocycles. The zero-order valence-electron chi connectivity index (χ0n) is 17.8. The Morgan fingerprint density at radius 2 is 1.64 bits per heavy atom. The smallest absolute Gasteiger partial charge is 0.261 e. The van der Waals surface area contributed by atoms with E-state index in [-0.39, 0.29) is 17.3 Å². The predicted molar refractivity (Wildman–Crippen MR) is 130 cm³/mol. The average molecular weight is 436 g/mol. The molecular weight excluding hydrogens is 416 g/mol. The maximum absolute atomic E-state index is 13.2. The van der Waals surface area contributed by atoms with Crippen molar-refractivity contribution < 1.29 is 9.53 Å². The van der Waals surface area contributed by atoms with Crippen LogP contribution in [0.5, 0.6) is 5.75 Å². The van der Waals surface area contributed by atoms with Gasteiger partial charge in [0.2, 0.25) is 0 Å². The molecule has 3 N–H and O–H groups in total. The number of nitrogen functional groups attached to an aromatic ring is 1. The fourth-order valence-corrected chi connectivity index (χ4v) is 3.60. The van der Waals surface area contributed by atoms with Crippen molar-refractivity contribution in [3.8, 4) is 5.75 Å². The molecule has 8 heteroatoms. The standard InChI is InChI=1S/C25H20N6O2/c1-33-20-14-8-5-9-16(20)15-27-31-23(26)21(25(32)28-17-10-3-2-4-11-17)22-24(31)30-19-13-7-6-12-18(19)29-22/h2-15H,26H2,1H3,(H,28,32). The van der Waals surface area contributed by atoms with E-state index in [4.69, 9.17) is 15.5 Å². The third-order valence-electron chi connectivity index (χ3n) is 5.18. The molecule has 2 aromatic heterocycles. The van der Waals surface area contributed by atoms with Crippen molar-refractivity contribution in [1.82, 2.24) is 14.6 Å². The number of ether oxygens (including phenoxy) is 1. The first-order chi connectivity index (χ1) is 16.2. The number of nitrogens with one attached hydrogen (secondary N) is 1. The summed E-state index contributed by atoms with van der Waals surface area (Å²) < 4.78 is 6.83. The minimum absolute atomic E-state index is 0.139. The maximum atomic E-state index is 13.2. The van der Waals surface area contributed by atoms with Gasteiger partial charge in [-0.15, -0.1) is 0 Å². The number of carbonyl (C=O) groups is 1. The lowest BCUT2D eigenvalue weighted by Crippen LogP contribution is -2.14. The second-order valence-corrected chi connectivity index (χ2v) is 7.26. The van der Waals surface area contributed by atoms with Crippen LogP contribution in [0.3, 0.4) is 0 Å². The van der Waals surface area contributed by atoms with Crippen molar-refractivity contribution in [2.24, 2.45) is 5.10 Å². The molecule has 0 fully saturated rings. The summed E-state index contributed by atoms with van der Waals surface area (Å²) in [6, 6.07) is 24.1. The van der Waals surface area contributed by atoms with Crippen LogP contribution in [-0.4, -0.2) is 33.9 Å². The molecule has 5 aromatic rings. The Kier molecular flexibility index (Phi) is 5.16. The quantitative estimate of drug-likeness (QED) is 0.399. The molecule has 0 aliphatic carbocycles. The number of hydrogen-bond acceptors (Lipinski definition) is 6. The second-order valence-electron chi connectivity index (χ2n) is 7.26. The number of para-hydroxylation sites is 4. The van der Waals surface area contributed by atoms with Crippen molar-refractivity contribution in [3.63, 3.8) is 0 Å². The fourth-order valence-electron chi connectivity index (χ4n) is 3.60. The van der Waals surface area contributed by atoms with Crippen molar-refractivity contribution in [2.75, 3.05) is 18.2 Å². The Labute approximate surface area is 189 Å². The van der Waals surface area contributed by atoms with Crippen molar-refractivity contribution in [2.45, 2.75) is 0 Å². The van der Waals surface area contributed by atoms with Crippen molar-refractivity contribution in [3.05, 3.63) is 90.0 Å². The Morgan fingerprint density at radius 3 is 2.39 bits per heavy atom. The molecule has 0 saturated heterocycles. The fraction of sp³-hybridized carbons (Fsp3) is 0.0400. The first-order valence-corrected chi connectivity index (χ1v) is 10.3. The van der Waals surface area contributed by atoms with Crippen LogP contribution in [0, 0.1) is 0 Å². The highest BCUT2D eigenvalue weighted by molar-refractivity contribution is 6.16. The Morgan fingerprint density at radius 1 is 0.970 bits per heavy atom. The lowest BCUT2D eigenvalue weighted by Gasteiger charge is -2.05. The number of methoxy groups -OCH3 is 1. The molecule has 33 heavy (non-hydrogen) atoms. The minimum atomic E-state index is -0.389. The number of aromatic nitrogens is 3. The number of nitrogens with two attached hydrogens (primary N) is 1. The van der Waals surface area contributed by atoms with Gasteiger partial charge < -0.3 is 15.8 Å². The third-order valence-corrected chi connectivity index (χ3v) is 5.18. The second kappa shape index (κ2) is 8.43. The Bertz CT molecular complexity index is 1510. The first kappa shape index (κ1) is 20.2. The molecule has 2 heterocycles.